The Bertz CT molecular complexity index is 990. The summed E-state index contributed by atoms with van der Waals surface area (Å²) in [7, 11) is 0. The van der Waals surface area contributed by atoms with Crippen LogP contribution in [0.3, 0.4) is 0 Å². The molecule has 0 bridgehead atoms. The third-order valence-corrected chi connectivity index (χ3v) is 6.05. The van der Waals surface area contributed by atoms with E-state index >= 15 is 0 Å². The van der Waals surface area contributed by atoms with E-state index in [4.69, 9.17) is 9.47 Å². The highest BCUT2D eigenvalue weighted by atomic mass is 16.5. The zero-order valence-corrected chi connectivity index (χ0v) is 19.1. The highest BCUT2D eigenvalue weighted by Crippen LogP contribution is 2.31. The maximum Gasteiger partial charge on any atom is 0.123 e. The Morgan fingerprint density at radius 1 is 0.938 bits per heavy atom. The van der Waals surface area contributed by atoms with Crippen LogP contribution in [0.4, 0.5) is 0 Å². The van der Waals surface area contributed by atoms with Crippen LogP contribution in [0, 0.1) is 0 Å². The summed E-state index contributed by atoms with van der Waals surface area (Å²) in [5.41, 5.74) is 6.57. The van der Waals surface area contributed by atoms with E-state index in [0.717, 1.165) is 38.3 Å². The van der Waals surface area contributed by atoms with E-state index in [2.05, 4.69) is 104 Å². The molecule has 1 aliphatic rings. The van der Waals surface area contributed by atoms with Crippen LogP contribution >= 0.6 is 0 Å². The van der Waals surface area contributed by atoms with Crippen molar-refractivity contribution in [3.05, 3.63) is 107 Å². The Balaban J connectivity index is 1.61. The lowest BCUT2D eigenvalue weighted by atomic mass is 9.88. The summed E-state index contributed by atoms with van der Waals surface area (Å²) in [4.78, 5) is 0. The van der Waals surface area contributed by atoms with Gasteiger partial charge < -0.3 is 14.8 Å². The van der Waals surface area contributed by atoms with E-state index in [0.29, 0.717) is 0 Å². The molecule has 0 aliphatic carbocycles. The minimum Gasteiger partial charge on any atom is -0.488 e. The second-order valence-electron chi connectivity index (χ2n) is 8.32. The maximum atomic E-state index is 6.20. The summed E-state index contributed by atoms with van der Waals surface area (Å²) >= 11 is 0. The molecule has 32 heavy (non-hydrogen) atoms. The SMILES string of the molecule is CC/C(Cc1ccccc1)=C(\c1ccccc1)c1ccc(OC(C)C2CNCCO2)cc1. The summed E-state index contributed by atoms with van der Waals surface area (Å²) in [6.45, 7) is 6.81. The Hall–Kier alpha value is -2.88. The highest BCUT2D eigenvalue weighted by molar-refractivity contribution is 5.82. The topological polar surface area (TPSA) is 30.5 Å². The van der Waals surface area contributed by atoms with Crippen LogP contribution in [0.2, 0.25) is 0 Å². The second-order valence-corrected chi connectivity index (χ2v) is 8.32. The van der Waals surface area contributed by atoms with Crippen molar-refractivity contribution in [1.29, 1.82) is 0 Å². The number of benzene rings is 3. The molecule has 2 unspecified atom stereocenters. The van der Waals surface area contributed by atoms with Crippen molar-refractivity contribution in [2.45, 2.75) is 38.9 Å². The highest BCUT2D eigenvalue weighted by Gasteiger charge is 2.22. The fraction of sp³-hybridized carbons (Fsp3) is 0.310. The Morgan fingerprint density at radius 2 is 1.59 bits per heavy atom. The van der Waals surface area contributed by atoms with Gasteiger partial charge in [-0.3, -0.25) is 0 Å². The van der Waals surface area contributed by atoms with E-state index in [1.165, 1.54) is 27.8 Å². The van der Waals surface area contributed by atoms with Crippen molar-refractivity contribution < 1.29 is 9.47 Å². The minimum atomic E-state index is 0.00192. The van der Waals surface area contributed by atoms with Crippen LogP contribution in [-0.4, -0.2) is 31.9 Å². The van der Waals surface area contributed by atoms with Crippen LogP contribution in [0.5, 0.6) is 5.75 Å². The van der Waals surface area contributed by atoms with Crippen LogP contribution < -0.4 is 10.1 Å². The molecule has 0 amide bonds. The van der Waals surface area contributed by atoms with Gasteiger partial charge in [0.25, 0.3) is 0 Å². The van der Waals surface area contributed by atoms with Gasteiger partial charge in [0, 0.05) is 13.1 Å². The molecule has 1 fully saturated rings. The zero-order valence-electron chi connectivity index (χ0n) is 19.1. The quantitative estimate of drug-likeness (QED) is 0.486. The largest absolute Gasteiger partial charge is 0.488 e. The molecule has 1 saturated heterocycles. The molecule has 3 nitrogen and oxygen atoms in total. The minimum absolute atomic E-state index is 0.00192. The van der Waals surface area contributed by atoms with Crippen molar-refractivity contribution in [2.75, 3.05) is 19.7 Å². The molecule has 3 aromatic rings. The van der Waals surface area contributed by atoms with Gasteiger partial charge in [0.1, 0.15) is 18.0 Å². The zero-order chi connectivity index (χ0) is 22.2. The lowest BCUT2D eigenvalue weighted by Crippen LogP contribution is -2.46. The monoisotopic (exact) mass is 427 g/mol. The van der Waals surface area contributed by atoms with Crippen molar-refractivity contribution in [3.8, 4) is 5.75 Å². The normalized spacial score (nSPS) is 18.0. The third kappa shape index (κ3) is 5.67. The Morgan fingerprint density at radius 3 is 2.22 bits per heavy atom. The van der Waals surface area contributed by atoms with Gasteiger partial charge in [0.2, 0.25) is 0 Å². The number of rotatable bonds is 8. The van der Waals surface area contributed by atoms with Gasteiger partial charge >= 0.3 is 0 Å². The van der Waals surface area contributed by atoms with Crippen molar-refractivity contribution in [2.24, 2.45) is 0 Å². The van der Waals surface area contributed by atoms with E-state index in [9.17, 15) is 0 Å². The summed E-state index contributed by atoms with van der Waals surface area (Å²) in [6.07, 6.45) is 2.03. The lowest BCUT2D eigenvalue weighted by Gasteiger charge is -2.29. The van der Waals surface area contributed by atoms with Crippen molar-refractivity contribution >= 4 is 5.57 Å². The van der Waals surface area contributed by atoms with E-state index in [1.54, 1.807) is 0 Å². The number of hydrogen-bond donors (Lipinski definition) is 1. The summed E-state index contributed by atoms with van der Waals surface area (Å²) in [5.74, 6) is 0.879. The van der Waals surface area contributed by atoms with Gasteiger partial charge in [-0.25, -0.2) is 0 Å². The van der Waals surface area contributed by atoms with Gasteiger partial charge in [-0.15, -0.1) is 0 Å². The number of ether oxygens (including phenoxy) is 2. The van der Waals surface area contributed by atoms with Crippen LogP contribution in [0.1, 0.15) is 37.0 Å². The predicted octanol–water partition coefficient (Wildman–Crippen LogP) is 5.90. The summed E-state index contributed by atoms with van der Waals surface area (Å²) in [6, 6.07) is 30.0. The van der Waals surface area contributed by atoms with Crippen LogP contribution in [-0.2, 0) is 11.2 Å². The van der Waals surface area contributed by atoms with Crippen LogP contribution in [0.25, 0.3) is 5.57 Å². The summed E-state index contributed by atoms with van der Waals surface area (Å²) < 4.78 is 12.0. The molecule has 0 saturated carbocycles. The molecule has 166 valence electrons. The van der Waals surface area contributed by atoms with Gasteiger partial charge in [-0.2, -0.15) is 0 Å². The molecular weight excluding hydrogens is 394 g/mol. The third-order valence-electron chi connectivity index (χ3n) is 6.05. The number of nitrogens with one attached hydrogen (secondary N) is 1. The first kappa shape index (κ1) is 22.3. The molecule has 0 radical (unpaired) electrons. The Labute approximate surface area is 192 Å². The first-order valence-electron chi connectivity index (χ1n) is 11.7. The van der Waals surface area contributed by atoms with Crippen molar-refractivity contribution in [3.63, 3.8) is 0 Å². The first-order valence-corrected chi connectivity index (χ1v) is 11.7. The molecule has 0 spiro atoms. The fourth-order valence-corrected chi connectivity index (χ4v) is 4.29. The van der Waals surface area contributed by atoms with Gasteiger partial charge in [0.05, 0.1) is 6.61 Å². The molecule has 4 rings (SSSR count). The Kier molecular flexibility index (Phi) is 7.76. The first-order chi connectivity index (χ1) is 15.7. The maximum absolute atomic E-state index is 6.20. The van der Waals surface area contributed by atoms with Gasteiger partial charge in [-0.05, 0) is 54.2 Å². The fourth-order valence-electron chi connectivity index (χ4n) is 4.29. The molecule has 3 aromatic carbocycles. The predicted molar refractivity (Wildman–Crippen MR) is 132 cm³/mol. The molecule has 2 atom stereocenters. The van der Waals surface area contributed by atoms with Gasteiger partial charge in [-0.1, -0.05) is 85.3 Å². The number of allylic oxidation sites excluding steroid dienone is 1. The number of hydrogen-bond acceptors (Lipinski definition) is 3. The smallest absolute Gasteiger partial charge is 0.123 e. The van der Waals surface area contributed by atoms with Crippen LogP contribution in [0.15, 0.2) is 90.5 Å². The summed E-state index contributed by atoms with van der Waals surface area (Å²) in [5, 5.41) is 3.37. The van der Waals surface area contributed by atoms with Gasteiger partial charge in [0.15, 0.2) is 0 Å². The molecule has 1 aliphatic heterocycles. The number of morpholine rings is 1. The second kappa shape index (κ2) is 11.1. The average molecular weight is 428 g/mol. The molecule has 0 aromatic heterocycles. The standard InChI is InChI=1S/C29H33NO2/c1-3-24(20-23-10-6-4-7-11-23)29(25-12-8-5-9-13-25)26-14-16-27(17-15-26)32-22(2)28-21-30-18-19-31-28/h4-17,22,28,30H,3,18-21H2,1-2H3/b29-24-. The molecule has 1 heterocycles. The van der Waals surface area contributed by atoms with E-state index < -0.39 is 0 Å². The molecule has 1 N–H and O–H groups in total. The average Bonchev–Trinajstić information content (AvgIpc) is 2.86. The lowest BCUT2D eigenvalue weighted by molar-refractivity contribution is -0.0350. The molecule has 3 heteroatoms. The molecular formula is C29H33NO2. The van der Waals surface area contributed by atoms with E-state index in [1.807, 2.05) is 0 Å². The van der Waals surface area contributed by atoms with E-state index in [-0.39, 0.29) is 12.2 Å². The van der Waals surface area contributed by atoms with Crippen molar-refractivity contribution in [1.82, 2.24) is 5.32 Å².